The van der Waals surface area contributed by atoms with E-state index >= 15 is 0 Å². The van der Waals surface area contributed by atoms with Crippen molar-refractivity contribution in [1.82, 2.24) is 9.62 Å². The quantitative estimate of drug-likeness (QED) is 0.492. The van der Waals surface area contributed by atoms with Gasteiger partial charge >= 0.3 is 0 Å². The Morgan fingerprint density at radius 3 is 2.50 bits per heavy atom. The Bertz CT molecular complexity index is 1090. The number of hydrogen-bond donors (Lipinski definition) is 1. The highest BCUT2D eigenvalue weighted by Crippen LogP contribution is 2.21. The van der Waals surface area contributed by atoms with Crippen LogP contribution in [-0.4, -0.2) is 44.9 Å². The van der Waals surface area contributed by atoms with E-state index in [2.05, 4.69) is 23.7 Å². The topological polar surface area (TPSA) is 75.7 Å². The molecule has 1 amide bonds. The van der Waals surface area contributed by atoms with Crippen molar-refractivity contribution in [3.8, 4) is 17.6 Å². The summed E-state index contributed by atoms with van der Waals surface area (Å²) >= 11 is 0. The van der Waals surface area contributed by atoms with Crippen LogP contribution in [0.25, 0.3) is 0 Å². The van der Waals surface area contributed by atoms with Gasteiger partial charge in [-0.05, 0) is 55.2 Å². The Kier molecular flexibility index (Phi) is 8.48. The summed E-state index contributed by atoms with van der Waals surface area (Å²) in [6, 6.07) is 13.7. The lowest BCUT2D eigenvalue weighted by atomic mass is 10.1. The predicted molar refractivity (Wildman–Crippen MR) is 125 cm³/mol. The second kappa shape index (κ2) is 11.5. The zero-order valence-electron chi connectivity index (χ0n) is 18.0. The van der Waals surface area contributed by atoms with Crippen LogP contribution in [0.2, 0.25) is 0 Å². The van der Waals surface area contributed by atoms with Gasteiger partial charge < -0.3 is 10.1 Å². The standard InChI is InChI=1S/C25H28N2O4S/c1-2-10-21-11-4-5-12-24(21)31-20-9-6-17-26-25(28)22-13-15-23(16-14-22)32(29,30)27-18-7-3-8-19-27/h2,4-5,11-16H,1,3,7-8,10,17-20H2,(H,26,28). The van der Waals surface area contributed by atoms with E-state index in [0.29, 0.717) is 18.7 Å². The summed E-state index contributed by atoms with van der Waals surface area (Å²) in [5, 5.41) is 2.71. The molecule has 0 aromatic heterocycles. The maximum absolute atomic E-state index is 12.7. The first-order chi connectivity index (χ1) is 15.5. The van der Waals surface area contributed by atoms with Crippen molar-refractivity contribution >= 4 is 15.9 Å². The van der Waals surface area contributed by atoms with E-state index in [1.165, 1.54) is 28.6 Å². The summed E-state index contributed by atoms with van der Waals surface area (Å²) in [7, 11) is -3.50. The Hall–Kier alpha value is -3.08. The van der Waals surface area contributed by atoms with Crippen molar-refractivity contribution in [2.45, 2.75) is 30.6 Å². The summed E-state index contributed by atoms with van der Waals surface area (Å²) in [6.45, 7) is 5.22. The molecule has 0 spiro atoms. The normalized spacial score (nSPS) is 14.1. The molecule has 1 aliphatic rings. The number of rotatable bonds is 8. The molecule has 1 fully saturated rings. The zero-order chi connectivity index (χ0) is 22.8. The second-order valence-electron chi connectivity index (χ2n) is 7.41. The van der Waals surface area contributed by atoms with E-state index in [1.54, 1.807) is 0 Å². The first-order valence-corrected chi connectivity index (χ1v) is 12.1. The van der Waals surface area contributed by atoms with Crippen LogP contribution in [-0.2, 0) is 16.4 Å². The molecule has 1 N–H and O–H groups in total. The van der Waals surface area contributed by atoms with E-state index in [0.717, 1.165) is 37.0 Å². The molecule has 2 aromatic rings. The highest BCUT2D eigenvalue weighted by Gasteiger charge is 2.25. The highest BCUT2D eigenvalue weighted by molar-refractivity contribution is 7.89. The number of carbonyl (C=O) groups is 1. The average Bonchev–Trinajstić information content (AvgIpc) is 2.83. The first kappa shape index (κ1) is 23.6. The van der Waals surface area contributed by atoms with Crippen LogP contribution in [0, 0.1) is 11.8 Å². The van der Waals surface area contributed by atoms with Gasteiger partial charge in [0.1, 0.15) is 12.4 Å². The van der Waals surface area contributed by atoms with E-state index < -0.39 is 10.0 Å². The number of ether oxygens (including phenoxy) is 1. The van der Waals surface area contributed by atoms with Crippen molar-refractivity contribution in [3.63, 3.8) is 0 Å². The van der Waals surface area contributed by atoms with Gasteiger partial charge in [0, 0.05) is 18.7 Å². The Labute approximate surface area is 190 Å². The van der Waals surface area contributed by atoms with Crippen molar-refractivity contribution < 1.29 is 17.9 Å². The van der Waals surface area contributed by atoms with Gasteiger partial charge in [0.15, 0.2) is 0 Å². The molecular weight excluding hydrogens is 424 g/mol. The molecule has 2 aromatic carbocycles. The number of piperidine rings is 1. The molecule has 1 aliphatic heterocycles. The van der Waals surface area contributed by atoms with Crippen molar-refractivity contribution in [2.75, 3.05) is 26.2 Å². The van der Waals surface area contributed by atoms with Gasteiger partial charge in [0.2, 0.25) is 10.0 Å². The Morgan fingerprint density at radius 2 is 1.78 bits per heavy atom. The highest BCUT2D eigenvalue weighted by atomic mass is 32.2. The second-order valence-corrected chi connectivity index (χ2v) is 9.35. The SMILES string of the molecule is C=CCc1ccccc1OCC#CCNC(=O)c1ccc(S(=O)(=O)N2CCCCC2)cc1. The number of allylic oxidation sites excluding steroid dienone is 1. The fourth-order valence-corrected chi connectivity index (χ4v) is 4.97. The van der Waals surface area contributed by atoms with Crippen LogP contribution in [0.4, 0.5) is 0 Å². The first-order valence-electron chi connectivity index (χ1n) is 10.7. The van der Waals surface area contributed by atoms with E-state index in [1.807, 2.05) is 30.3 Å². The van der Waals surface area contributed by atoms with Gasteiger partial charge in [0.25, 0.3) is 5.91 Å². The monoisotopic (exact) mass is 452 g/mol. The molecular formula is C25H28N2O4S. The third-order valence-corrected chi connectivity index (χ3v) is 7.08. The summed E-state index contributed by atoms with van der Waals surface area (Å²) < 4.78 is 32.6. The molecule has 1 saturated heterocycles. The molecule has 1 heterocycles. The van der Waals surface area contributed by atoms with E-state index in [9.17, 15) is 13.2 Å². The van der Waals surface area contributed by atoms with Crippen LogP contribution in [0.3, 0.4) is 0 Å². The fourth-order valence-electron chi connectivity index (χ4n) is 3.46. The van der Waals surface area contributed by atoms with E-state index in [-0.39, 0.29) is 24.0 Å². The minimum atomic E-state index is -3.50. The third-order valence-electron chi connectivity index (χ3n) is 5.17. The number of amides is 1. The van der Waals surface area contributed by atoms with Crippen molar-refractivity contribution in [3.05, 3.63) is 72.3 Å². The average molecular weight is 453 g/mol. The van der Waals surface area contributed by atoms with Gasteiger partial charge in [-0.1, -0.05) is 42.5 Å². The number of carbonyl (C=O) groups excluding carboxylic acids is 1. The Morgan fingerprint density at radius 1 is 1.06 bits per heavy atom. The van der Waals surface area contributed by atoms with Gasteiger partial charge in [-0.25, -0.2) is 8.42 Å². The summed E-state index contributed by atoms with van der Waals surface area (Å²) in [5.41, 5.74) is 1.43. The minimum absolute atomic E-state index is 0.171. The van der Waals surface area contributed by atoms with Crippen LogP contribution >= 0.6 is 0 Å². The third kappa shape index (κ3) is 6.22. The number of para-hydroxylation sites is 1. The van der Waals surface area contributed by atoms with Crippen molar-refractivity contribution in [2.24, 2.45) is 0 Å². The molecule has 0 radical (unpaired) electrons. The molecule has 0 atom stereocenters. The molecule has 0 unspecified atom stereocenters. The van der Waals surface area contributed by atoms with E-state index in [4.69, 9.17) is 4.74 Å². The predicted octanol–water partition coefficient (Wildman–Crippen LogP) is 3.40. The minimum Gasteiger partial charge on any atom is -0.481 e. The molecule has 0 bridgehead atoms. The molecule has 0 saturated carbocycles. The van der Waals surface area contributed by atoms with Gasteiger partial charge in [-0.15, -0.1) is 6.58 Å². The fraction of sp³-hybridized carbons (Fsp3) is 0.320. The molecule has 3 rings (SSSR count). The molecule has 6 nitrogen and oxygen atoms in total. The smallest absolute Gasteiger partial charge is 0.252 e. The lowest BCUT2D eigenvalue weighted by Crippen LogP contribution is -2.35. The lowest BCUT2D eigenvalue weighted by molar-refractivity contribution is 0.0958. The number of nitrogens with zero attached hydrogens (tertiary/aromatic N) is 1. The van der Waals surface area contributed by atoms with Crippen LogP contribution < -0.4 is 10.1 Å². The van der Waals surface area contributed by atoms with Crippen LogP contribution in [0.1, 0.15) is 35.2 Å². The molecule has 168 valence electrons. The maximum atomic E-state index is 12.7. The molecule has 32 heavy (non-hydrogen) atoms. The van der Waals surface area contributed by atoms with Gasteiger partial charge in [-0.3, -0.25) is 4.79 Å². The molecule has 7 heteroatoms. The number of benzene rings is 2. The number of hydrogen-bond acceptors (Lipinski definition) is 4. The number of nitrogens with one attached hydrogen (secondary N) is 1. The van der Waals surface area contributed by atoms with Crippen molar-refractivity contribution in [1.29, 1.82) is 0 Å². The summed E-state index contributed by atoms with van der Waals surface area (Å²) in [6.07, 6.45) is 5.36. The van der Waals surface area contributed by atoms with Gasteiger partial charge in [-0.2, -0.15) is 4.31 Å². The summed E-state index contributed by atoms with van der Waals surface area (Å²) in [4.78, 5) is 12.5. The lowest BCUT2D eigenvalue weighted by Gasteiger charge is -2.25. The van der Waals surface area contributed by atoms with Crippen LogP contribution in [0.15, 0.2) is 66.1 Å². The molecule has 0 aliphatic carbocycles. The Balaban J connectivity index is 1.48. The zero-order valence-corrected chi connectivity index (χ0v) is 18.9. The van der Waals surface area contributed by atoms with Gasteiger partial charge in [0.05, 0.1) is 11.4 Å². The van der Waals surface area contributed by atoms with Crippen LogP contribution in [0.5, 0.6) is 5.75 Å². The largest absolute Gasteiger partial charge is 0.481 e. The maximum Gasteiger partial charge on any atom is 0.252 e. The number of sulfonamides is 1. The summed E-state index contributed by atoms with van der Waals surface area (Å²) in [5.74, 6) is 6.20.